The van der Waals surface area contributed by atoms with Gasteiger partial charge in [-0.3, -0.25) is 9.36 Å². The van der Waals surface area contributed by atoms with Crippen LogP contribution >= 0.6 is 23.1 Å². The molecule has 2 aromatic heterocycles. The van der Waals surface area contributed by atoms with E-state index in [2.05, 4.69) is 0 Å². The molecule has 1 fully saturated rings. The predicted molar refractivity (Wildman–Crippen MR) is 94.9 cm³/mol. The second-order valence-electron chi connectivity index (χ2n) is 5.46. The lowest BCUT2D eigenvalue weighted by Gasteiger charge is -2.13. The highest BCUT2D eigenvalue weighted by Crippen LogP contribution is 2.26. The first-order chi connectivity index (χ1) is 11.3. The molecule has 4 rings (SSSR count). The summed E-state index contributed by atoms with van der Waals surface area (Å²) in [4.78, 5) is 18.4. The number of hydrogen-bond donors (Lipinski definition) is 0. The van der Waals surface area contributed by atoms with Gasteiger partial charge in [-0.1, -0.05) is 30.0 Å². The van der Waals surface area contributed by atoms with Gasteiger partial charge in [0, 0.05) is 12.4 Å². The molecule has 0 aliphatic carbocycles. The maximum atomic E-state index is 12.9. The standard InChI is InChI=1S/C17H16N2O2S2/c20-16-14-8-10-22-15(14)18-17(23-11-13-7-4-9-21-13)19(16)12-5-2-1-3-6-12/h1-3,5-6,8,10,13H,4,7,9,11H2/t13-/m1/s1. The van der Waals surface area contributed by atoms with Gasteiger partial charge in [-0.2, -0.15) is 0 Å². The summed E-state index contributed by atoms with van der Waals surface area (Å²) >= 11 is 3.11. The molecular formula is C17H16N2O2S2. The van der Waals surface area contributed by atoms with Crippen LogP contribution in [0.1, 0.15) is 12.8 Å². The number of nitrogens with zero attached hydrogens (tertiary/aromatic N) is 2. The number of benzene rings is 1. The quantitative estimate of drug-likeness (QED) is 0.534. The smallest absolute Gasteiger partial charge is 0.267 e. The van der Waals surface area contributed by atoms with E-state index in [1.807, 2.05) is 41.8 Å². The molecule has 0 radical (unpaired) electrons. The molecule has 0 bridgehead atoms. The second kappa shape index (κ2) is 6.47. The third-order valence-corrected chi connectivity index (χ3v) is 5.78. The molecule has 0 saturated carbocycles. The molecule has 0 spiro atoms. The van der Waals surface area contributed by atoms with E-state index in [0.29, 0.717) is 5.39 Å². The third-order valence-electron chi connectivity index (χ3n) is 3.90. The second-order valence-corrected chi connectivity index (χ2v) is 7.34. The number of ether oxygens (including phenoxy) is 1. The lowest BCUT2D eigenvalue weighted by Crippen LogP contribution is -2.21. The Bertz CT molecular complexity index is 867. The van der Waals surface area contributed by atoms with Gasteiger partial charge in [0.05, 0.1) is 17.2 Å². The van der Waals surface area contributed by atoms with Crippen molar-refractivity contribution in [3.8, 4) is 5.69 Å². The summed E-state index contributed by atoms with van der Waals surface area (Å²) in [5.41, 5.74) is 0.852. The van der Waals surface area contributed by atoms with Crippen molar-refractivity contribution in [2.24, 2.45) is 0 Å². The highest BCUT2D eigenvalue weighted by Gasteiger charge is 2.19. The van der Waals surface area contributed by atoms with E-state index in [4.69, 9.17) is 9.72 Å². The fourth-order valence-electron chi connectivity index (χ4n) is 2.74. The molecule has 4 nitrogen and oxygen atoms in total. The average molecular weight is 344 g/mol. The van der Waals surface area contributed by atoms with Crippen LogP contribution in [-0.4, -0.2) is 28.0 Å². The lowest BCUT2D eigenvalue weighted by molar-refractivity contribution is 0.129. The Hall–Kier alpha value is -1.63. The van der Waals surface area contributed by atoms with Crippen molar-refractivity contribution >= 4 is 33.3 Å². The summed E-state index contributed by atoms with van der Waals surface area (Å²) in [6, 6.07) is 11.6. The van der Waals surface area contributed by atoms with Crippen LogP contribution < -0.4 is 5.56 Å². The van der Waals surface area contributed by atoms with Gasteiger partial charge in [-0.25, -0.2) is 4.98 Å². The zero-order valence-electron chi connectivity index (χ0n) is 12.5. The molecule has 3 aromatic rings. The molecule has 3 heterocycles. The number of fused-ring (bicyclic) bond motifs is 1. The van der Waals surface area contributed by atoms with Gasteiger partial charge in [-0.05, 0) is 36.4 Å². The summed E-state index contributed by atoms with van der Waals surface area (Å²) in [6.07, 6.45) is 2.47. The van der Waals surface area contributed by atoms with E-state index >= 15 is 0 Å². The van der Waals surface area contributed by atoms with Crippen LogP contribution in [0.25, 0.3) is 15.9 Å². The number of hydrogen-bond acceptors (Lipinski definition) is 5. The minimum absolute atomic E-state index is 0.00251. The molecule has 0 N–H and O–H groups in total. The normalized spacial score (nSPS) is 17.8. The lowest BCUT2D eigenvalue weighted by atomic mass is 10.3. The Balaban J connectivity index is 1.78. The van der Waals surface area contributed by atoms with Crippen molar-refractivity contribution in [1.82, 2.24) is 9.55 Å². The van der Waals surface area contributed by atoms with E-state index in [1.165, 1.54) is 11.3 Å². The molecule has 23 heavy (non-hydrogen) atoms. The van der Waals surface area contributed by atoms with Gasteiger partial charge >= 0.3 is 0 Å². The van der Waals surface area contributed by atoms with Crippen molar-refractivity contribution in [1.29, 1.82) is 0 Å². The van der Waals surface area contributed by atoms with Crippen LogP contribution in [0, 0.1) is 0 Å². The molecule has 1 atom stereocenters. The Kier molecular flexibility index (Phi) is 4.20. The van der Waals surface area contributed by atoms with Crippen LogP contribution in [0.2, 0.25) is 0 Å². The van der Waals surface area contributed by atoms with Crippen LogP contribution in [-0.2, 0) is 4.74 Å². The minimum Gasteiger partial charge on any atom is -0.377 e. The maximum absolute atomic E-state index is 12.9. The summed E-state index contributed by atoms with van der Waals surface area (Å²) in [6.45, 7) is 0.841. The first kappa shape index (κ1) is 14.9. The van der Waals surface area contributed by atoms with Gasteiger partial charge in [0.2, 0.25) is 0 Å². The Morgan fingerprint density at radius 1 is 1.30 bits per heavy atom. The van der Waals surface area contributed by atoms with Gasteiger partial charge in [0.15, 0.2) is 5.16 Å². The Labute approximate surface area is 142 Å². The third kappa shape index (κ3) is 2.94. The molecule has 1 saturated heterocycles. The molecule has 6 heteroatoms. The van der Waals surface area contributed by atoms with Crippen molar-refractivity contribution in [2.75, 3.05) is 12.4 Å². The van der Waals surface area contributed by atoms with E-state index in [-0.39, 0.29) is 11.7 Å². The Morgan fingerprint density at radius 2 is 2.17 bits per heavy atom. The number of aromatic nitrogens is 2. The van der Waals surface area contributed by atoms with Crippen molar-refractivity contribution in [3.05, 3.63) is 52.1 Å². The number of thioether (sulfide) groups is 1. The minimum atomic E-state index is -0.00251. The molecular weight excluding hydrogens is 328 g/mol. The summed E-state index contributed by atoms with van der Waals surface area (Å²) < 4.78 is 7.41. The number of rotatable bonds is 4. The molecule has 1 aromatic carbocycles. The Morgan fingerprint density at radius 3 is 2.96 bits per heavy atom. The van der Waals surface area contributed by atoms with Gasteiger partial charge in [0.25, 0.3) is 5.56 Å². The van der Waals surface area contributed by atoms with E-state index in [9.17, 15) is 4.79 Å². The summed E-state index contributed by atoms with van der Waals surface area (Å²) in [5.74, 6) is 0.830. The first-order valence-corrected chi connectivity index (χ1v) is 9.49. The highest BCUT2D eigenvalue weighted by atomic mass is 32.2. The summed E-state index contributed by atoms with van der Waals surface area (Å²) in [5, 5.41) is 3.34. The predicted octanol–water partition coefficient (Wildman–Crippen LogP) is 3.72. The van der Waals surface area contributed by atoms with Crippen LogP contribution in [0.15, 0.2) is 51.7 Å². The van der Waals surface area contributed by atoms with Crippen molar-refractivity contribution < 1.29 is 4.74 Å². The molecule has 1 aliphatic heterocycles. The van der Waals surface area contributed by atoms with Gasteiger partial charge in [-0.15, -0.1) is 11.3 Å². The zero-order chi connectivity index (χ0) is 15.6. The topological polar surface area (TPSA) is 44.1 Å². The van der Waals surface area contributed by atoms with E-state index in [0.717, 1.165) is 40.9 Å². The van der Waals surface area contributed by atoms with Gasteiger partial charge in [0.1, 0.15) is 4.83 Å². The largest absolute Gasteiger partial charge is 0.377 e. The monoisotopic (exact) mass is 344 g/mol. The fourth-order valence-corrected chi connectivity index (χ4v) is 4.62. The average Bonchev–Trinajstić information content (AvgIpc) is 3.25. The highest BCUT2D eigenvalue weighted by molar-refractivity contribution is 7.99. The number of para-hydroxylation sites is 1. The molecule has 0 unspecified atom stereocenters. The van der Waals surface area contributed by atoms with Crippen molar-refractivity contribution in [3.63, 3.8) is 0 Å². The first-order valence-electron chi connectivity index (χ1n) is 7.63. The van der Waals surface area contributed by atoms with Crippen LogP contribution in [0.4, 0.5) is 0 Å². The fraction of sp³-hybridized carbons (Fsp3) is 0.294. The molecule has 0 amide bonds. The van der Waals surface area contributed by atoms with Crippen molar-refractivity contribution in [2.45, 2.75) is 24.1 Å². The van der Waals surface area contributed by atoms with Crippen LogP contribution in [0.3, 0.4) is 0 Å². The van der Waals surface area contributed by atoms with E-state index < -0.39 is 0 Å². The molecule has 118 valence electrons. The molecule has 1 aliphatic rings. The maximum Gasteiger partial charge on any atom is 0.267 e. The van der Waals surface area contributed by atoms with E-state index in [1.54, 1.807) is 16.3 Å². The van der Waals surface area contributed by atoms with Crippen LogP contribution in [0.5, 0.6) is 0 Å². The SMILES string of the molecule is O=c1c2ccsc2nc(SC[C@H]2CCCO2)n1-c1ccccc1. The zero-order valence-corrected chi connectivity index (χ0v) is 14.1. The van der Waals surface area contributed by atoms with Gasteiger partial charge < -0.3 is 4.74 Å². The summed E-state index contributed by atoms with van der Waals surface area (Å²) in [7, 11) is 0. The number of thiophene rings is 1.